The van der Waals surface area contributed by atoms with Crippen molar-refractivity contribution < 1.29 is 14.2 Å². The van der Waals surface area contributed by atoms with E-state index >= 15 is 0 Å². The van der Waals surface area contributed by atoms with Gasteiger partial charge in [0.05, 0.1) is 18.0 Å². The lowest BCUT2D eigenvalue weighted by molar-refractivity contribution is -0.942. The molecular weight excluding hydrogens is 308 g/mol. The summed E-state index contributed by atoms with van der Waals surface area (Å²) < 4.78 is 5.84. The molecule has 3 rings (SSSR count). The number of rotatable bonds is 4. The third-order valence-corrected chi connectivity index (χ3v) is 4.77. The lowest BCUT2D eigenvalue weighted by Gasteiger charge is -2.34. The van der Waals surface area contributed by atoms with Crippen LogP contribution in [-0.2, 0) is 0 Å². The average molecular weight is 331 g/mol. The van der Waals surface area contributed by atoms with Crippen molar-refractivity contribution in [2.24, 2.45) is 11.8 Å². The standard InChI is InChI=1S/C17H22N4O3/c1-11-8-12(2)10-20(9-11)13(3)16-18-19-17(24-16)14-4-6-15(7-5-14)21(22)23/h4-7,11-13H,8-10H2,1-3H3/p+1/t11-,12+,13-/m0/s1. The fourth-order valence-corrected chi connectivity index (χ4v) is 3.61. The van der Waals surface area contributed by atoms with Crippen molar-refractivity contribution in [3.63, 3.8) is 0 Å². The predicted octanol–water partition coefficient (Wildman–Crippen LogP) is 2.27. The van der Waals surface area contributed by atoms with Crippen molar-refractivity contribution in [2.45, 2.75) is 33.2 Å². The van der Waals surface area contributed by atoms with Crippen LogP contribution in [0.4, 0.5) is 5.69 Å². The molecule has 0 amide bonds. The smallest absolute Gasteiger partial charge is 0.274 e. The second-order valence-corrected chi connectivity index (χ2v) is 6.98. The minimum atomic E-state index is -0.423. The third-order valence-electron chi connectivity index (χ3n) is 4.77. The van der Waals surface area contributed by atoms with Gasteiger partial charge >= 0.3 is 0 Å². The quantitative estimate of drug-likeness (QED) is 0.686. The van der Waals surface area contributed by atoms with Crippen molar-refractivity contribution >= 4 is 5.69 Å². The number of piperidine rings is 1. The van der Waals surface area contributed by atoms with Gasteiger partial charge in [-0.05, 0) is 25.5 Å². The molecule has 7 nitrogen and oxygen atoms in total. The first-order chi connectivity index (χ1) is 11.4. The molecule has 1 aromatic heterocycles. The molecule has 2 heterocycles. The van der Waals surface area contributed by atoms with Gasteiger partial charge < -0.3 is 9.32 Å². The first-order valence-corrected chi connectivity index (χ1v) is 8.37. The summed E-state index contributed by atoms with van der Waals surface area (Å²) in [6.45, 7) is 8.92. The number of hydrogen-bond acceptors (Lipinski definition) is 5. The Morgan fingerprint density at radius 1 is 1.21 bits per heavy atom. The number of likely N-dealkylation sites (tertiary alicyclic amines) is 1. The van der Waals surface area contributed by atoms with Crippen LogP contribution in [0.15, 0.2) is 28.7 Å². The molecule has 1 N–H and O–H groups in total. The van der Waals surface area contributed by atoms with E-state index < -0.39 is 4.92 Å². The lowest BCUT2D eigenvalue weighted by Crippen LogP contribution is -3.14. The SMILES string of the molecule is C[C@@H]1C[C@H](C)C[NH+]([C@@H](C)c2nnc(-c3ccc([N+](=O)[O-])cc3)o2)C1. The topological polar surface area (TPSA) is 86.5 Å². The van der Waals surface area contributed by atoms with Crippen LogP contribution >= 0.6 is 0 Å². The van der Waals surface area contributed by atoms with Crippen molar-refractivity contribution in [1.29, 1.82) is 0 Å². The summed E-state index contributed by atoms with van der Waals surface area (Å²) in [5, 5.41) is 19.0. The maximum atomic E-state index is 10.7. The van der Waals surface area contributed by atoms with E-state index in [-0.39, 0.29) is 11.7 Å². The van der Waals surface area contributed by atoms with Crippen LogP contribution in [0.3, 0.4) is 0 Å². The number of nitrogens with zero attached hydrogens (tertiary/aromatic N) is 3. The maximum absolute atomic E-state index is 10.7. The molecule has 4 atom stereocenters. The van der Waals surface area contributed by atoms with E-state index in [0.717, 1.165) is 13.1 Å². The molecule has 128 valence electrons. The minimum absolute atomic E-state index is 0.0487. The number of nitro benzene ring substituents is 1. The molecule has 1 saturated heterocycles. The maximum Gasteiger partial charge on any atom is 0.274 e. The number of benzene rings is 1. The molecular formula is C17H23N4O3+. The molecule has 1 aliphatic heterocycles. The molecule has 0 spiro atoms. The van der Waals surface area contributed by atoms with Crippen LogP contribution in [0.2, 0.25) is 0 Å². The number of hydrogen-bond donors (Lipinski definition) is 1. The molecule has 2 aromatic rings. The fourth-order valence-electron chi connectivity index (χ4n) is 3.61. The largest absolute Gasteiger partial charge is 0.415 e. The highest BCUT2D eigenvalue weighted by Gasteiger charge is 2.32. The molecule has 1 aliphatic rings. The Hall–Kier alpha value is -2.28. The second-order valence-electron chi connectivity index (χ2n) is 6.98. The van der Waals surface area contributed by atoms with E-state index in [4.69, 9.17) is 4.42 Å². The molecule has 1 aromatic carbocycles. The van der Waals surface area contributed by atoms with Gasteiger partial charge in [-0.25, -0.2) is 0 Å². The summed E-state index contributed by atoms with van der Waals surface area (Å²) in [5.74, 6) is 2.43. The van der Waals surface area contributed by atoms with Crippen LogP contribution in [0.5, 0.6) is 0 Å². The first kappa shape index (κ1) is 16.6. The van der Waals surface area contributed by atoms with Crippen LogP contribution in [0.1, 0.15) is 39.1 Å². The first-order valence-electron chi connectivity index (χ1n) is 8.37. The highest BCUT2D eigenvalue weighted by atomic mass is 16.6. The highest BCUT2D eigenvalue weighted by Crippen LogP contribution is 2.23. The van der Waals surface area contributed by atoms with Gasteiger partial charge in [0.25, 0.3) is 11.6 Å². The second kappa shape index (κ2) is 6.68. The fraction of sp³-hybridized carbons (Fsp3) is 0.529. The normalized spacial score (nSPS) is 25.4. The molecule has 24 heavy (non-hydrogen) atoms. The van der Waals surface area contributed by atoms with E-state index in [2.05, 4.69) is 31.0 Å². The van der Waals surface area contributed by atoms with Gasteiger partial charge in [-0.3, -0.25) is 10.1 Å². The van der Waals surface area contributed by atoms with Gasteiger partial charge in [-0.2, -0.15) is 0 Å². The van der Waals surface area contributed by atoms with Crippen LogP contribution in [-0.4, -0.2) is 28.2 Å². The van der Waals surface area contributed by atoms with Crippen LogP contribution in [0, 0.1) is 22.0 Å². The summed E-state index contributed by atoms with van der Waals surface area (Å²) in [5.41, 5.74) is 0.745. The van der Waals surface area contributed by atoms with E-state index in [1.807, 2.05) is 0 Å². The van der Waals surface area contributed by atoms with E-state index in [1.165, 1.54) is 23.5 Å². The van der Waals surface area contributed by atoms with Gasteiger partial charge in [0.1, 0.15) is 0 Å². The predicted molar refractivity (Wildman–Crippen MR) is 88.4 cm³/mol. The number of quaternary nitrogens is 1. The summed E-state index contributed by atoms with van der Waals surface area (Å²) >= 11 is 0. The van der Waals surface area contributed by atoms with Crippen molar-refractivity contribution in [1.82, 2.24) is 10.2 Å². The van der Waals surface area contributed by atoms with Gasteiger partial charge in [-0.15, -0.1) is 10.2 Å². The van der Waals surface area contributed by atoms with E-state index in [9.17, 15) is 10.1 Å². The Labute approximate surface area is 140 Å². The Morgan fingerprint density at radius 2 is 1.83 bits per heavy atom. The molecule has 0 aliphatic carbocycles. The highest BCUT2D eigenvalue weighted by molar-refractivity contribution is 5.55. The number of aromatic nitrogens is 2. The van der Waals surface area contributed by atoms with Gasteiger partial charge in [0.2, 0.25) is 5.89 Å². The van der Waals surface area contributed by atoms with Crippen LogP contribution < -0.4 is 4.90 Å². The third kappa shape index (κ3) is 3.46. The number of nitro groups is 1. The Balaban J connectivity index is 1.76. The van der Waals surface area contributed by atoms with Crippen molar-refractivity contribution in [2.75, 3.05) is 13.1 Å². The number of non-ortho nitro benzene ring substituents is 1. The van der Waals surface area contributed by atoms with Crippen LogP contribution in [0.25, 0.3) is 11.5 Å². The van der Waals surface area contributed by atoms with Gasteiger partial charge in [0, 0.05) is 29.5 Å². The summed E-state index contributed by atoms with van der Waals surface area (Å²) in [6, 6.07) is 6.31. The Morgan fingerprint density at radius 3 is 2.42 bits per heavy atom. The Kier molecular flexibility index (Phi) is 4.62. The zero-order valence-electron chi connectivity index (χ0n) is 14.2. The average Bonchev–Trinajstić information content (AvgIpc) is 3.03. The summed E-state index contributed by atoms with van der Waals surface area (Å²) in [4.78, 5) is 11.8. The molecule has 0 bridgehead atoms. The summed E-state index contributed by atoms with van der Waals surface area (Å²) in [6.07, 6.45) is 1.27. The van der Waals surface area contributed by atoms with E-state index in [0.29, 0.717) is 29.2 Å². The van der Waals surface area contributed by atoms with Crippen molar-refractivity contribution in [3.05, 3.63) is 40.3 Å². The molecule has 7 heteroatoms. The number of nitrogens with one attached hydrogen (secondary N) is 1. The molecule has 0 radical (unpaired) electrons. The molecule has 1 fully saturated rings. The van der Waals surface area contributed by atoms with Crippen molar-refractivity contribution in [3.8, 4) is 11.5 Å². The summed E-state index contributed by atoms with van der Waals surface area (Å²) in [7, 11) is 0. The molecule has 0 saturated carbocycles. The zero-order chi connectivity index (χ0) is 17.3. The lowest BCUT2D eigenvalue weighted by atomic mass is 9.91. The minimum Gasteiger partial charge on any atom is -0.415 e. The zero-order valence-corrected chi connectivity index (χ0v) is 14.2. The van der Waals surface area contributed by atoms with E-state index in [1.54, 1.807) is 12.1 Å². The molecule has 1 unspecified atom stereocenters. The Bertz CT molecular complexity index is 703. The van der Waals surface area contributed by atoms with Gasteiger partial charge in [0.15, 0.2) is 6.04 Å². The van der Waals surface area contributed by atoms with Gasteiger partial charge in [-0.1, -0.05) is 13.8 Å². The monoisotopic (exact) mass is 331 g/mol.